The molecule has 0 aliphatic heterocycles. The van der Waals surface area contributed by atoms with Crippen LogP contribution < -0.4 is 10.6 Å². The third kappa shape index (κ3) is 11.8. The Morgan fingerprint density at radius 1 is 0.727 bits per heavy atom. The SMILES string of the molecule is CC(C)(C)OC(=O)Nc1ccc(-c2cncc(F)c2)nc1C(F)(F)F.CC(C)(C)OC(=O)Nc1ccc(Cl)nc1C(F)(F)F. The molecule has 0 aliphatic rings. The molecule has 0 bridgehead atoms. The first-order chi connectivity index (χ1) is 19.9. The lowest BCUT2D eigenvalue weighted by Crippen LogP contribution is -2.28. The van der Waals surface area contributed by atoms with E-state index in [1.165, 1.54) is 12.3 Å². The average Bonchev–Trinajstić information content (AvgIpc) is 2.82. The molecule has 17 heteroatoms. The normalized spacial score (nSPS) is 12.0. The summed E-state index contributed by atoms with van der Waals surface area (Å²) in [5.74, 6) is -0.705. The highest BCUT2D eigenvalue weighted by Crippen LogP contribution is 2.36. The van der Waals surface area contributed by atoms with Gasteiger partial charge in [0.05, 0.1) is 23.3 Å². The fourth-order valence-corrected chi connectivity index (χ4v) is 3.22. The van der Waals surface area contributed by atoms with Gasteiger partial charge in [0.25, 0.3) is 0 Å². The van der Waals surface area contributed by atoms with Crippen LogP contribution in [0, 0.1) is 5.82 Å². The number of hydrogen-bond donors (Lipinski definition) is 2. The van der Waals surface area contributed by atoms with Gasteiger partial charge in [0.15, 0.2) is 11.4 Å². The van der Waals surface area contributed by atoms with Crippen LogP contribution in [0.2, 0.25) is 5.15 Å². The molecule has 44 heavy (non-hydrogen) atoms. The van der Waals surface area contributed by atoms with Gasteiger partial charge < -0.3 is 9.47 Å². The van der Waals surface area contributed by atoms with E-state index >= 15 is 0 Å². The number of halogens is 8. The highest BCUT2D eigenvalue weighted by molar-refractivity contribution is 6.29. The lowest BCUT2D eigenvalue weighted by atomic mass is 10.1. The number of anilines is 2. The Labute approximate surface area is 252 Å². The predicted molar refractivity (Wildman–Crippen MR) is 146 cm³/mol. The molecule has 0 atom stereocenters. The van der Waals surface area contributed by atoms with Crippen LogP contribution in [0.4, 0.5) is 51.7 Å². The van der Waals surface area contributed by atoms with E-state index in [2.05, 4.69) is 15.0 Å². The third-order valence-electron chi connectivity index (χ3n) is 4.57. The molecule has 0 fully saturated rings. The van der Waals surface area contributed by atoms with Gasteiger partial charge >= 0.3 is 24.5 Å². The van der Waals surface area contributed by atoms with Gasteiger partial charge in [-0.2, -0.15) is 26.3 Å². The lowest BCUT2D eigenvalue weighted by molar-refractivity contribution is -0.141. The molecule has 0 unspecified atom stereocenters. The average molecular weight is 654 g/mol. The molecule has 0 aromatic carbocycles. The monoisotopic (exact) mass is 653 g/mol. The van der Waals surface area contributed by atoms with Crippen molar-refractivity contribution in [2.75, 3.05) is 10.6 Å². The Balaban J connectivity index is 0.000000319. The maximum absolute atomic E-state index is 13.3. The highest BCUT2D eigenvalue weighted by Gasteiger charge is 2.38. The number of alkyl halides is 6. The maximum Gasteiger partial charge on any atom is 0.435 e. The molecule has 0 radical (unpaired) electrons. The van der Waals surface area contributed by atoms with E-state index in [-0.39, 0.29) is 16.4 Å². The number of ether oxygens (including phenoxy) is 2. The van der Waals surface area contributed by atoms with Crippen molar-refractivity contribution in [2.24, 2.45) is 0 Å². The standard InChI is InChI=1S/C16H15F4N3O2.C11H12ClF3N2O2/c1-15(2,3)25-14(24)23-12-5-4-11(22-13(12)16(18,19)20)9-6-10(17)8-21-7-9;1-10(2,3)19-9(18)16-6-4-5-7(12)17-8(6)11(13,14)15/h4-8H,1-3H3,(H,23,24);4-5H,1-3H3,(H,16,18). The molecule has 3 rings (SSSR count). The molecule has 2 N–H and O–H groups in total. The van der Waals surface area contributed by atoms with Gasteiger partial charge in [-0.25, -0.2) is 23.9 Å². The van der Waals surface area contributed by atoms with E-state index in [1.807, 2.05) is 10.6 Å². The zero-order chi connectivity index (χ0) is 33.7. The minimum Gasteiger partial charge on any atom is -0.444 e. The number of nitrogens with zero attached hydrogens (tertiary/aromatic N) is 3. The van der Waals surface area contributed by atoms with Gasteiger partial charge in [-0.05, 0) is 71.9 Å². The zero-order valence-corrected chi connectivity index (χ0v) is 24.8. The van der Waals surface area contributed by atoms with Gasteiger partial charge in [0, 0.05) is 11.8 Å². The minimum atomic E-state index is -4.83. The maximum atomic E-state index is 13.3. The number of pyridine rings is 3. The molecule has 0 aliphatic carbocycles. The first-order valence-corrected chi connectivity index (χ1v) is 12.8. The largest absolute Gasteiger partial charge is 0.444 e. The molecule has 0 spiro atoms. The molecule has 3 heterocycles. The molecule has 3 aromatic rings. The highest BCUT2D eigenvalue weighted by atomic mass is 35.5. The number of nitrogens with one attached hydrogen (secondary N) is 2. The summed E-state index contributed by atoms with van der Waals surface area (Å²) in [5, 5.41) is 3.71. The molecule has 0 saturated carbocycles. The van der Waals surface area contributed by atoms with E-state index in [9.17, 15) is 40.3 Å². The van der Waals surface area contributed by atoms with Crippen LogP contribution in [-0.2, 0) is 21.8 Å². The Morgan fingerprint density at radius 3 is 1.61 bits per heavy atom. The minimum absolute atomic E-state index is 0.0781. The van der Waals surface area contributed by atoms with Crippen molar-refractivity contribution in [3.8, 4) is 11.3 Å². The second-order valence-corrected chi connectivity index (χ2v) is 11.2. The topological polar surface area (TPSA) is 115 Å². The van der Waals surface area contributed by atoms with Crippen molar-refractivity contribution >= 4 is 35.2 Å². The van der Waals surface area contributed by atoms with E-state index in [0.29, 0.717) is 0 Å². The summed E-state index contributed by atoms with van der Waals surface area (Å²) in [4.78, 5) is 33.4. The Bertz CT molecular complexity index is 1490. The van der Waals surface area contributed by atoms with Gasteiger partial charge in [0.2, 0.25) is 0 Å². The molecule has 3 aromatic heterocycles. The molecule has 9 nitrogen and oxygen atoms in total. The zero-order valence-electron chi connectivity index (χ0n) is 24.0. The number of aromatic nitrogens is 3. The van der Waals surface area contributed by atoms with Gasteiger partial charge in [-0.3, -0.25) is 15.6 Å². The van der Waals surface area contributed by atoms with Gasteiger partial charge in [-0.1, -0.05) is 11.6 Å². The number of hydrogen-bond acceptors (Lipinski definition) is 7. The molecule has 0 saturated heterocycles. The molecular formula is C27H27ClF7N5O4. The number of carbonyl (C=O) groups excluding carboxylic acids is 2. The summed E-state index contributed by atoms with van der Waals surface area (Å²) < 4.78 is 101. The summed E-state index contributed by atoms with van der Waals surface area (Å²) in [7, 11) is 0. The lowest BCUT2D eigenvalue weighted by Gasteiger charge is -2.20. The van der Waals surface area contributed by atoms with Crippen molar-refractivity contribution in [1.82, 2.24) is 15.0 Å². The quantitative estimate of drug-likeness (QED) is 0.214. The van der Waals surface area contributed by atoms with Crippen LogP contribution in [-0.4, -0.2) is 38.3 Å². The first kappa shape index (κ1) is 36.0. The summed E-state index contributed by atoms with van der Waals surface area (Å²) in [6.45, 7) is 9.52. The summed E-state index contributed by atoms with van der Waals surface area (Å²) in [6.07, 6.45) is -9.49. The summed E-state index contributed by atoms with van der Waals surface area (Å²) in [6, 6.07) is 5.42. The number of rotatable bonds is 3. The van der Waals surface area contributed by atoms with Crippen molar-refractivity contribution in [3.05, 3.63) is 65.1 Å². The smallest absolute Gasteiger partial charge is 0.435 e. The number of carbonyl (C=O) groups is 2. The van der Waals surface area contributed by atoms with Gasteiger partial charge in [-0.15, -0.1) is 0 Å². The fourth-order valence-electron chi connectivity index (χ4n) is 3.07. The summed E-state index contributed by atoms with van der Waals surface area (Å²) >= 11 is 5.41. The van der Waals surface area contributed by atoms with Crippen molar-refractivity contribution in [1.29, 1.82) is 0 Å². The Kier molecular flexibility index (Phi) is 11.1. The predicted octanol–water partition coefficient (Wildman–Crippen LogP) is 8.75. The van der Waals surface area contributed by atoms with Crippen molar-refractivity contribution < 1.29 is 49.8 Å². The van der Waals surface area contributed by atoms with E-state index in [0.717, 1.165) is 30.5 Å². The van der Waals surface area contributed by atoms with Crippen molar-refractivity contribution in [2.45, 2.75) is 65.1 Å². The van der Waals surface area contributed by atoms with E-state index in [4.69, 9.17) is 21.1 Å². The second kappa shape index (κ2) is 13.6. The van der Waals surface area contributed by atoms with E-state index < -0.39 is 64.3 Å². The Hall–Kier alpha value is -4.21. The van der Waals surface area contributed by atoms with Crippen LogP contribution in [0.15, 0.2) is 42.7 Å². The Morgan fingerprint density at radius 2 is 1.18 bits per heavy atom. The first-order valence-electron chi connectivity index (χ1n) is 12.4. The van der Waals surface area contributed by atoms with Gasteiger partial charge in [0.1, 0.15) is 22.2 Å². The van der Waals surface area contributed by atoms with Crippen molar-refractivity contribution in [3.63, 3.8) is 0 Å². The van der Waals surface area contributed by atoms with Crippen LogP contribution in [0.5, 0.6) is 0 Å². The molecule has 2 amide bonds. The number of amides is 2. The van der Waals surface area contributed by atoms with Crippen LogP contribution in [0.1, 0.15) is 52.9 Å². The third-order valence-corrected chi connectivity index (χ3v) is 4.78. The van der Waals surface area contributed by atoms with Crippen LogP contribution in [0.3, 0.4) is 0 Å². The molecule has 240 valence electrons. The van der Waals surface area contributed by atoms with Crippen LogP contribution in [0.25, 0.3) is 11.3 Å². The fraction of sp³-hybridized carbons (Fsp3) is 0.370. The second-order valence-electron chi connectivity index (χ2n) is 10.8. The van der Waals surface area contributed by atoms with Crippen LogP contribution >= 0.6 is 11.6 Å². The van der Waals surface area contributed by atoms with E-state index in [1.54, 1.807) is 41.5 Å². The molecular weight excluding hydrogens is 627 g/mol. The summed E-state index contributed by atoms with van der Waals surface area (Å²) in [5.41, 5.74) is -5.40.